The van der Waals surface area contributed by atoms with E-state index in [4.69, 9.17) is 16.7 Å². The molecule has 0 bridgehead atoms. The molecule has 1 aromatic rings. The number of aromatic carboxylic acids is 1. The minimum Gasteiger partial charge on any atom is -0.477 e. The summed E-state index contributed by atoms with van der Waals surface area (Å²) in [6.07, 6.45) is 0. The van der Waals surface area contributed by atoms with Gasteiger partial charge in [-0.1, -0.05) is 18.2 Å². The van der Waals surface area contributed by atoms with Crippen LogP contribution < -0.4 is 5.32 Å². The van der Waals surface area contributed by atoms with Crippen molar-refractivity contribution in [3.05, 3.63) is 45.5 Å². The number of nitro benzene ring substituents is 1. The number of rotatable bonds is 5. The van der Waals surface area contributed by atoms with Crippen LogP contribution >= 0.6 is 11.6 Å². The first-order valence-corrected chi connectivity index (χ1v) is 4.88. The molecule has 2 N–H and O–H groups in total. The number of nitrogens with one attached hydrogen (secondary N) is 1. The molecule has 0 radical (unpaired) electrons. The van der Waals surface area contributed by atoms with E-state index in [2.05, 4.69) is 11.9 Å². The number of carbonyl (C=O) groups is 1. The molecule has 7 heteroatoms. The molecule has 0 aliphatic rings. The molecule has 1 aromatic carbocycles. The maximum atomic E-state index is 10.7. The smallest absolute Gasteiger partial charge is 0.342 e. The minimum absolute atomic E-state index is 0.241. The first kappa shape index (κ1) is 13.0. The van der Waals surface area contributed by atoms with Crippen LogP contribution in [0.4, 0.5) is 11.4 Å². The van der Waals surface area contributed by atoms with E-state index in [9.17, 15) is 14.9 Å². The average Bonchev–Trinajstić information content (AvgIpc) is 2.25. The van der Waals surface area contributed by atoms with E-state index in [1.807, 2.05) is 0 Å². The summed E-state index contributed by atoms with van der Waals surface area (Å²) in [4.78, 5) is 20.7. The van der Waals surface area contributed by atoms with Crippen molar-refractivity contribution in [1.29, 1.82) is 0 Å². The van der Waals surface area contributed by atoms with Crippen molar-refractivity contribution in [2.24, 2.45) is 0 Å². The number of nitro groups is 1. The van der Waals surface area contributed by atoms with Crippen LogP contribution in [-0.4, -0.2) is 22.5 Å². The Morgan fingerprint density at radius 2 is 2.24 bits per heavy atom. The van der Waals surface area contributed by atoms with Crippen LogP contribution in [0, 0.1) is 10.1 Å². The van der Waals surface area contributed by atoms with E-state index in [1.165, 1.54) is 12.1 Å². The maximum absolute atomic E-state index is 10.7. The summed E-state index contributed by atoms with van der Waals surface area (Å²) in [5, 5.41) is 22.6. The lowest BCUT2D eigenvalue weighted by molar-refractivity contribution is -0.385. The van der Waals surface area contributed by atoms with Crippen LogP contribution in [0.3, 0.4) is 0 Å². The number of benzene rings is 1. The zero-order valence-corrected chi connectivity index (χ0v) is 9.40. The molecule has 0 unspecified atom stereocenters. The fourth-order valence-corrected chi connectivity index (χ4v) is 1.24. The topological polar surface area (TPSA) is 92.5 Å². The van der Waals surface area contributed by atoms with Gasteiger partial charge in [-0.2, -0.15) is 0 Å². The molecule has 90 valence electrons. The molecule has 0 atom stereocenters. The molecule has 0 spiro atoms. The van der Waals surface area contributed by atoms with Gasteiger partial charge in [0.1, 0.15) is 5.56 Å². The monoisotopic (exact) mass is 256 g/mol. The molecule has 0 aromatic heterocycles. The van der Waals surface area contributed by atoms with Gasteiger partial charge in [0.05, 0.1) is 11.5 Å². The van der Waals surface area contributed by atoms with E-state index < -0.39 is 16.6 Å². The highest BCUT2D eigenvalue weighted by molar-refractivity contribution is 6.29. The van der Waals surface area contributed by atoms with Crippen LogP contribution in [-0.2, 0) is 0 Å². The van der Waals surface area contributed by atoms with Crippen molar-refractivity contribution in [3.8, 4) is 0 Å². The number of hydrogen-bond donors (Lipinski definition) is 2. The molecule has 17 heavy (non-hydrogen) atoms. The zero-order valence-electron chi connectivity index (χ0n) is 8.64. The predicted octanol–water partition coefficient (Wildman–Crippen LogP) is 2.46. The Morgan fingerprint density at radius 3 is 2.71 bits per heavy atom. The van der Waals surface area contributed by atoms with Gasteiger partial charge in [0, 0.05) is 16.8 Å². The first-order valence-electron chi connectivity index (χ1n) is 4.50. The summed E-state index contributed by atoms with van der Waals surface area (Å²) >= 11 is 5.53. The predicted molar refractivity (Wildman–Crippen MR) is 63.5 cm³/mol. The van der Waals surface area contributed by atoms with E-state index in [-0.39, 0.29) is 12.1 Å². The highest BCUT2D eigenvalue weighted by Crippen LogP contribution is 2.23. The van der Waals surface area contributed by atoms with Gasteiger partial charge in [-0.3, -0.25) is 10.1 Å². The van der Waals surface area contributed by atoms with Crippen LogP contribution in [0.2, 0.25) is 0 Å². The first-order chi connectivity index (χ1) is 7.91. The van der Waals surface area contributed by atoms with Crippen molar-refractivity contribution in [2.45, 2.75) is 0 Å². The second-order valence-corrected chi connectivity index (χ2v) is 3.70. The fourth-order valence-electron chi connectivity index (χ4n) is 1.17. The maximum Gasteiger partial charge on any atom is 0.342 e. The van der Waals surface area contributed by atoms with Gasteiger partial charge < -0.3 is 10.4 Å². The molecular formula is C10H9ClN2O4. The second-order valence-electron chi connectivity index (χ2n) is 3.17. The summed E-state index contributed by atoms with van der Waals surface area (Å²) in [5.41, 5.74) is -0.420. The summed E-state index contributed by atoms with van der Waals surface area (Å²) in [5.74, 6) is -1.34. The number of nitrogens with zero attached hydrogens (tertiary/aromatic N) is 1. The lowest BCUT2D eigenvalue weighted by Gasteiger charge is -2.05. The molecule has 0 fully saturated rings. The van der Waals surface area contributed by atoms with Crippen LogP contribution in [0.1, 0.15) is 10.4 Å². The minimum atomic E-state index is -1.34. The van der Waals surface area contributed by atoms with Crippen molar-refractivity contribution >= 4 is 28.9 Å². The van der Waals surface area contributed by atoms with E-state index in [1.54, 1.807) is 0 Å². The Balaban J connectivity index is 3.05. The number of carboxylic acid groups (broad SMARTS) is 1. The number of halogens is 1. The van der Waals surface area contributed by atoms with Crippen molar-refractivity contribution in [3.63, 3.8) is 0 Å². The Labute approximate surface area is 102 Å². The standard InChI is InChI=1S/C10H9ClN2O4/c1-6(11)5-12-7-2-3-8(10(14)15)9(4-7)13(16)17/h2-4,12H,1,5H2,(H,14,15). The quantitative estimate of drug-likeness (QED) is 0.623. The summed E-state index contributed by atoms with van der Waals surface area (Å²) in [6.45, 7) is 3.69. The molecule has 0 aliphatic carbocycles. The van der Waals surface area contributed by atoms with Gasteiger partial charge in [0.2, 0.25) is 0 Å². The largest absolute Gasteiger partial charge is 0.477 e. The summed E-state index contributed by atoms with van der Waals surface area (Å²) in [6, 6.07) is 3.74. The van der Waals surface area contributed by atoms with Crippen molar-refractivity contribution < 1.29 is 14.8 Å². The molecule has 0 amide bonds. The second kappa shape index (κ2) is 5.31. The number of carboxylic acids is 1. The van der Waals surface area contributed by atoms with Crippen LogP contribution in [0.15, 0.2) is 29.8 Å². The van der Waals surface area contributed by atoms with Gasteiger partial charge in [-0.05, 0) is 12.1 Å². The Hall–Kier alpha value is -2.08. The summed E-state index contributed by atoms with van der Waals surface area (Å²) in [7, 11) is 0. The van der Waals surface area contributed by atoms with Gasteiger partial charge in [-0.15, -0.1) is 0 Å². The molecule has 6 nitrogen and oxygen atoms in total. The van der Waals surface area contributed by atoms with Gasteiger partial charge in [0.15, 0.2) is 0 Å². The zero-order chi connectivity index (χ0) is 13.0. The molecule has 0 saturated heterocycles. The molecule has 0 heterocycles. The number of hydrogen-bond acceptors (Lipinski definition) is 4. The van der Waals surface area contributed by atoms with Crippen LogP contribution in [0.5, 0.6) is 0 Å². The van der Waals surface area contributed by atoms with E-state index in [0.717, 1.165) is 6.07 Å². The lowest BCUT2D eigenvalue weighted by atomic mass is 10.1. The van der Waals surface area contributed by atoms with Gasteiger partial charge in [0.25, 0.3) is 5.69 Å². The Kier molecular flexibility index (Phi) is 4.06. The SMILES string of the molecule is C=C(Cl)CNc1ccc(C(=O)O)c([N+](=O)[O-])c1. The average molecular weight is 257 g/mol. The highest BCUT2D eigenvalue weighted by Gasteiger charge is 2.19. The van der Waals surface area contributed by atoms with Crippen molar-refractivity contribution in [1.82, 2.24) is 0 Å². The van der Waals surface area contributed by atoms with Crippen molar-refractivity contribution in [2.75, 3.05) is 11.9 Å². The van der Waals surface area contributed by atoms with E-state index >= 15 is 0 Å². The molecule has 0 saturated carbocycles. The third-order valence-corrected chi connectivity index (χ3v) is 2.04. The lowest BCUT2D eigenvalue weighted by Crippen LogP contribution is -2.05. The van der Waals surface area contributed by atoms with Gasteiger partial charge >= 0.3 is 5.97 Å². The molecule has 1 rings (SSSR count). The number of anilines is 1. The van der Waals surface area contributed by atoms with Gasteiger partial charge in [-0.25, -0.2) is 4.79 Å². The third kappa shape index (κ3) is 3.46. The van der Waals surface area contributed by atoms with E-state index in [0.29, 0.717) is 10.7 Å². The third-order valence-electron chi connectivity index (χ3n) is 1.91. The fraction of sp³-hybridized carbons (Fsp3) is 0.100. The Morgan fingerprint density at radius 1 is 1.59 bits per heavy atom. The molecular weight excluding hydrogens is 248 g/mol. The van der Waals surface area contributed by atoms with Crippen LogP contribution in [0.25, 0.3) is 0 Å². The highest BCUT2D eigenvalue weighted by atomic mass is 35.5. The normalized spacial score (nSPS) is 9.71. The molecule has 0 aliphatic heterocycles. The Bertz CT molecular complexity index is 487. The summed E-state index contributed by atoms with van der Waals surface area (Å²) < 4.78 is 0.